The van der Waals surface area contributed by atoms with Crippen LogP contribution in [0.5, 0.6) is 0 Å². The quantitative estimate of drug-likeness (QED) is 0.136. The number of anilines is 6. The van der Waals surface area contributed by atoms with Crippen molar-refractivity contribution >= 4 is 66.4 Å². The van der Waals surface area contributed by atoms with Crippen LogP contribution in [0.1, 0.15) is 63.5 Å². The van der Waals surface area contributed by atoms with Crippen LogP contribution in [0.3, 0.4) is 0 Å². The summed E-state index contributed by atoms with van der Waals surface area (Å²) < 4.78 is 0. The summed E-state index contributed by atoms with van der Waals surface area (Å²) in [5.41, 5.74) is 9.74. The van der Waals surface area contributed by atoms with Crippen molar-refractivity contribution in [2.45, 2.75) is 52.4 Å². The molecule has 0 aliphatic rings. The van der Waals surface area contributed by atoms with Gasteiger partial charge in [-0.2, -0.15) is 0 Å². The van der Waals surface area contributed by atoms with Gasteiger partial charge in [-0.1, -0.05) is 125 Å². The van der Waals surface area contributed by atoms with Gasteiger partial charge in [0.25, 0.3) is 0 Å². The fraction of sp³-hybridized carbons (Fsp3) is 0.167. The van der Waals surface area contributed by atoms with E-state index in [1.165, 1.54) is 54.8 Å². The third-order valence-corrected chi connectivity index (χ3v) is 10.8. The predicted molar refractivity (Wildman–Crippen MR) is 217 cm³/mol. The molecule has 8 rings (SSSR count). The van der Waals surface area contributed by atoms with E-state index >= 15 is 0 Å². The first kappa shape index (κ1) is 31.7. The van der Waals surface area contributed by atoms with E-state index in [0.29, 0.717) is 11.8 Å². The lowest BCUT2D eigenvalue weighted by Crippen LogP contribution is -2.11. The van der Waals surface area contributed by atoms with Crippen molar-refractivity contribution in [1.82, 2.24) is 0 Å². The monoisotopic (exact) mass is 648 g/mol. The molecule has 0 aliphatic heterocycles. The van der Waals surface area contributed by atoms with Crippen LogP contribution in [-0.4, -0.2) is 0 Å². The Morgan fingerprint density at radius 1 is 0.380 bits per heavy atom. The van der Waals surface area contributed by atoms with E-state index in [-0.39, 0.29) is 0 Å². The maximum Gasteiger partial charge on any atom is 0.0540 e. The highest BCUT2D eigenvalue weighted by molar-refractivity contribution is 6.28. The molecule has 0 saturated carbocycles. The predicted octanol–water partition coefficient (Wildman–Crippen LogP) is 14.6. The molecule has 0 fully saturated rings. The molecule has 50 heavy (non-hydrogen) atoms. The number of nitrogens with zero attached hydrogens (tertiary/aromatic N) is 2. The zero-order chi connectivity index (χ0) is 34.2. The molecule has 0 heterocycles. The summed E-state index contributed by atoms with van der Waals surface area (Å²) >= 11 is 0. The van der Waals surface area contributed by atoms with Gasteiger partial charge in [0.2, 0.25) is 0 Å². The van der Waals surface area contributed by atoms with Crippen LogP contribution in [0.15, 0.2) is 158 Å². The van der Waals surface area contributed by atoms with E-state index in [9.17, 15) is 0 Å². The van der Waals surface area contributed by atoms with Gasteiger partial charge in [0.05, 0.1) is 11.4 Å². The molecule has 2 atom stereocenters. The first-order chi connectivity index (χ1) is 24.6. The fourth-order valence-electron chi connectivity index (χ4n) is 7.54. The van der Waals surface area contributed by atoms with Crippen LogP contribution in [0.4, 0.5) is 34.1 Å². The van der Waals surface area contributed by atoms with E-state index in [0.717, 1.165) is 35.6 Å². The van der Waals surface area contributed by atoms with Crippen LogP contribution < -0.4 is 9.80 Å². The minimum Gasteiger partial charge on any atom is -0.310 e. The molecule has 8 aromatic rings. The molecule has 0 amide bonds. The van der Waals surface area contributed by atoms with Gasteiger partial charge in [0.1, 0.15) is 0 Å². The molecule has 0 spiro atoms. The van der Waals surface area contributed by atoms with Crippen molar-refractivity contribution in [3.05, 3.63) is 169 Å². The van der Waals surface area contributed by atoms with Crippen LogP contribution >= 0.6 is 0 Å². The van der Waals surface area contributed by atoms with Gasteiger partial charge in [-0.3, -0.25) is 0 Å². The van der Waals surface area contributed by atoms with Crippen molar-refractivity contribution in [3.8, 4) is 0 Å². The van der Waals surface area contributed by atoms with Crippen molar-refractivity contribution in [1.29, 1.82) is 0 Å². The largest absolute Gasteiger partial charge is 0.310 e. The zero-order valence-electron chi connectivity index (χ0n) is 29.5. The molecule has 8 aromatic carbocycles. The van der Waals surface area contributed by atoms with E-state index in [4.69, 9.17) is 0 Å². The van der Waals surface area contributed by atoms with Gasteiger partial charge in [-0.25, -0.2) is 0 Å². The third-order valence-electron chi connectivity index (χ3n) is 10.8. The van der Waals surface area contributed by atoms with Crippen molar-refractivity contribution in [3.63, 3.8) is 0 Å². The van der Waals surface area contributed by atoms with Gasteiger partial charge >= 0.3 is 0 Å². The van der Waals surface area contributed by atoms with Crippen molar-refractivity contribution < 1.29 is 0 Å². The Morgan fingerprint density at radius 3 is 1.08 bits per heavy atom. The Hall–Kier alpha value is -5.60. The van der Waals surface area contributed by atoms with Gasteiger partial charge in [-0.15, -0.1) is 0 Å². The standard InChI is InChI=1S/C48H44N2/c1-5-33(3)35-17-25-41(26-18-35)49(39-13-9-7-10-14-39)45-31-23-37-22-30-44-46(32-24-38-21-29-43(45)47(37)48(38)44)50(40-15-11-8-12-16-40)42-27-19-36(20-28-42)34(4)6-2/h7-34H,5-6H2,1-4H3. The SMILES string of the molecule is CCC(C)c1ccc(N(c2ccccc2)c2ccc3ccc4c(N(c5ccccc5)c5ccc(C(C)CC)cc5)ccc5ccc2c3c54)cc1. The summed E-state index contributed by atoms with van der Waals surface area (Å²) in [6, 6.07) is 58.4. The lowest BCUT2D eigenvalue weighted by molar-refractivity contribution is 0.733. The van der Waals surface area contributed by atoms with E-state index in [2.05, 4.69) is 195 Å². The highest BCUT2D eigenvalue weighted by atomic mass is 15.1. The maximum absolute atomic E-state index is 2.42. The van der Waals surface area contributed by atoms with E-state index in [1.54, 1.807) is 0 Å². The van der Waals surface area contributed by atoms with Crippen molar-refractivity contribution in [2.75, 3.05) is 9.80 Å². The van der Waals surface area contributed by atoms with Gasteiger partial charge in [0, 0.05) is 33.5 Å². The number of benzene rings is 8. The molecule has 2 unspecified atom stereocenters. The summed E-state index contributed by atoms with van der Waals surface area (Å²) in [6.45, 7) is 9.13. The lowest BCUT2D eigenvalue weighted by Gasteiger charge is -2.29. The number of hydrogen-bond donors (Lipinski definition) is 0. The molecule has 2 nitrogen and oxygen atoms in total. The van der Waals surface area contributed by atoms with E-state index < -0.39 is 0 Å². The first-order valence-corrected chi connectivity index (χ1v) is 18.2. The molecule has 2 heteroatoms. The second-order valence-corrected chi connectivity index (χ2v) is 13.7. The minimum absolute atomic E-state index is 0.534. The Bertz CT molecular complexity index is 2190. The summed E-state index contributed by atoms with van der Waals surface area (Å²) in [7, 11) is 0. The summed E-state index contributed by atoms with van der Waals surface area (Å²) in [5.74, 6) is 1.07. The third kappa shape index (κ3) is 5.55. The van der Waals surface area contributed by atoms with Crippen molar-refractivity contribution in [2.24, 2.45) is 0 Å². The highest BCUT2D eigenvalue weighted by Crippen LogP contribution is 2.47. The number of rotatable bonds is 10. The van der Waals surface area contributed by atoms with Gasteiger partial charge in [0.15, 0.2) is 0 Å². The molecule has 246 valence electrons. The Labute approximate surface area is 296 Å². The Morgan fingerprint density at radius 2 is 0.720 bits per heavy atom. The fourth-order valence-corrected chi connectivity index (χ4v) is 7.54. The summed E-state index contributed by atoms with van der Waals surface area (Å²) in [6.07, 6.45) is 2.26. The molecular formula is C48H44N2. The highest BCUT2D eigenvalue weighted by Gasteiger charge is 2.22. The minimum atomic E-state index is 0.534. The maximum atomic E-state index is 2.42. The summed E-state index contributed by atoms with van der Waals surface area (Å²) in [5, 5.41) is 7.61. The molecular weight excluding hydrogens is 605 g/mol. The summed E-state index contributed by atoms with van der Waals surface area (Å²) in [4.78, 5) is 4.84. The molecule has 0 bridgehead atoms. The van der Waals surface area contributed by atoms with Crippen LogP contribution in [0.2, 0.25) is 0 Å². The lowest BCUT2D eigenvalue weighted by atomic mass is 9.91. The topological polar surface area (TPSA) is 6.48 Å². The Balaban J connectivity index is 1.34. The number of hydrogen-bond acceptors (Lipinski definition) is 2. The van der Waals surface area contributed by atoms with Gasteiger partial charge in [-0.05, 0) is 118 Å². The van der Waals surface area contributed by atoms with Crippen LogP contribution in [0.25, 0.3) is 32.3 Å². The second kappa shape index (κ2) is 13.4. The zero-order valence-corrected chi connectivity index (χ0v) is 29.5. The Kier molecular flexibility index (Phi) is 8.46. The molecule has 0 saturated heterocycles. The molecule has 0 aliphatic carbocycles. The average molecular weight is 649 g/mol. The van der Waals surface area contributed by atoms with Crippen LogP contribution in [-0.2, 0) is 0 Å². The van der Waals surface area contributed by atoms with Crippen LogP contribution in [0, 0.1) is 0 Å². The van der Waals surface area contributed by atoms with Gasteiger partial charge < -0.3 is 9.80 Å². The average Bonchev–Trinajstić information content (AvgIpc) is 3.18. The smallest absolute Gasteiger partial charge is 0.0540 e. The molecule has 0 N–H and O–H groups in total. The number of para-hydroxylation sites is 2. The second-order valence-electron chi connectivity index (χ2n) is 13.7. The normalized spacial score (nSPS) is 12.8. The molecule has 0 aromatic heterocycles. The molecule has 0 radical (unpaired) electrons. The van der Waals surface area contributed by atoms with E-state index in [1.807, 2.05) is 0 Å². The first-order valence-electron chi connectivity index (χ1n) is 18.2.